The SMILES string of the molecule is Cc1ccc2[nH]ncc2c1-c1c(F)cc(-c2nnc3n2CCN=C3)cc1Cl. The molecular weight excluding hydrogens is 367 g/mol. The Morgan fingerprint density at radius 2 is 2.07 bits per heavy atom. The van der Waals surface area contributed by atoms with E-state index in [0.29, 0.717) is 40.9 Å². The Morgan fingerprint density at radius 3 is 2.93 bits per heavy atom. The Morgan fingerprint density at radius 1 is 1.19 bits per heavy atom. The fourth-order valence-corrected chi connectivity index (χ4v) is 3.85. The lowest BCUT2D eigenvalue weighted by molar-refractivity contribution is 0.631. The molecule has 0 spiro atoms. The molecule has 1 aliphatic heterocycles. The number of aromatic amines is 1. The number of hydrogen-bond donors (Lipinski definition) is 1. The monoisotopic (exact) mass is 380 g/mol. The molecular formula is C19H14ClFN6. The van der Waals surface area contributed by atoms with E-state index in [1.54, 1.807) is 18.5 Å². The van der Waals surface area contributed by atoms with Crippen LogP contribution in [0.15, 0.2) is 35.5 Å². The number of nitrogens with zero attached hydrogens (tertiary/aromatic N) is 5. The van der Waals surface area contributed by atoms with Gasteiger partial charge in [-0.05, 0) is 36.2 Å². The fraction of sp³-hybridized carbons (Fsp3) is 0.158. The first kappa shape index (κ1) is 16.1. The molecule has 3 heterocycles. The third-order valence-corrected chi connectivity index (χ3v) is 5.12. The van der Waals surface area contributed by atoms with Gasteiger partial charge in [-0.3, -0.25) is 10.1 Å². The van der Waals surface area contributed by atoms with Crippen LogP contribution in [0.3, 0.4) is 0 Å². The normalized spacial score (nSPS) is 13.3. The van der Waals surface area contributed by atoms with Crippen molar-refractivity contribution in [2.45, 2.75) is 13.5 Å². The van der Waals surface area contributed by atoms with Gasteiger partial charge < -0.3 is 4.57 Å². The molecule has 8 heteroatoms. The van der Waals surface area contributed by atoms with E-state index in [0.717, 1.165) is 22.0 Å². The Kier molecular flexibility index (Phi) is 3.58. The van der Waals surface area contributed by atoms with Crippen LogP contribution in [0.5, 0.6) is 0 Å². The second-order valence-electron chi connectivity index (χ2n) is 6.47. The predicted octanol–water partition coefficient (Wildman–Crippen LogP) is 4.02. The van der Waals surface area contributed by atoms with Gasteiger partial charge in [-0.1, -0.05) is 17.7 Å². The first-order chi connectivity index (χ1) is 13.1. The molecule has 0 bridgehead atoms. The van der Waals surface area contributed by atoms with Crippen molar-refractivity contribution in [1.82, 2.24) is 25.0 Å². The number of fused-ring (bicyclic) bond motifs is 2. The van der Waals surface area contributed by atoms with Crippen LogP contribution in [-0.2, 0) is 6.54 Å². The van der Waals surface area contributed by atoms with Gasteiger partial charge in [-0.2, -0.15) is 5.10 Å². The Hall–Kier alpha value is -3.06. The van der Waals surface area contributed by atoms with E-state index in [1.165, 1.54) is 6.07 Å². The Labute approximate surface area is 158 Å². The molecule has 0 unspecified atom stereocenters. The minimum absolute atomic E-state index is 0.323. The van der Waals surface area contributed by atoms with Crippen LogP contribution in [0.2, 0.25) is 5.02 Å². The number of hydrogen-bond acceptors (Lipinski definition) is 4. The molecule has 0 atom stereocenters. The first-order valence-corrected chi connectivity index (χ1v) is 8.87. The van der Waals surface area contributed by atoms with Gasteiger partial charge in [0.15, 0.2) is 11.6 Å². The third-order valence-electron chi connectivity index (χ3n) is 4.82. The highest BCUT2D eigenvalue weighted by Crippen LogP contribution is 2.39. The Balaban J connectivity index is 1.71. The number of halogens is 2. The number of benzene rings is 2. The molecule has 1 N–H and O–H groups in total. The minimum Gasteiger partial charge on any atom is -0.304 e. The predicted molar refractivity (Wildman–Crippen MR) is 103 cm³/mol. The summed E-state index contributed by atoms with van der Waals surface area (Å²) in [6.45, 7) is 3.23. The lowest BCUT2D eigenvalue weighted by atomic mass is 9.95. The maximum absolute atomic E-state index is 15.2. The van der Waals surface area contributed by atoms with Crippen molar-refractivity contribution in [3.05, 3.63) is 52.7 Å². The van der Waals surface area contributed by atoms with Gasteiger partial charge >= 0.3 is 0 Å². The molecule has 27 heavy (non-hydrogen) atoms. The molecule has 0 radical (unpaired) electrons. The van der Waals surface area contributed by atoms with Crippen molar-refractivity contribution in [2.75, 3.05) is 6.54 Å². The maximum atomic E-state index is 15.2. The topological polar surface area (TPSA) is 71.8 Å². The summed E-state index contributed by atoms with van der Waals surface area (Å²) in [5.74, 6) is 0.841. The van der Waals surface area contributed by atoms with Crippen molar-refractivity contribution in [2.24, 2.45) is 4.99 Å². The molecule has 2 aromatic carbocycles. The molecule has 0 fully saturated rings. The van der Waals surface area contributed by atoms with Crippen LogP contribution in [-0.4, -0.2) is 37.7 Å². The number of nitrogens with one attached hydrogen (secondary N) is 1. The van der Waals surface area contributed by atoms with Crippen LogP contribution in [0.25, 0.3) is 33.4 Å². The van der Waals surface area contributed by atoms with E-state index < -0.39 is 5.82 Å². The molecule has 0 saturated heterocycles. The van der Waals surface area contributed by atoms with Gasteiger partial charge in [-0.15, -0.1) is 10.2 Å². The zero-order chi connectivity index (χ0) is 18.5. The van der Waals surface area contributed by atoms with Crippen molar-refractivity contribution in [1.29, 1.82) is 0 Å². The van der Waals surface area contributed by atoms with E-state index in [2.05, 4.69) is 25.4 Å². The van der Waals surface area contributed by atoms with Crippen molar-refractivity contribution >= 4 is 28.7 Å². The van der Waals surface area contributed by atoms with Crippen LogP contribution in [0, 0.1) is 12.7 Å². The van der Waals surface area contributed by atoms with E-state index in [-0.39, 0.29) is 0 Å². The second-order valence-corrected chi connectivity index (χ2v) is 6.88. The first-order valence-electron chi connectivity index (χ1n) is 8.49. The molecule has 0 aliphatic carbocycles. The number of aromatic nitrogens is 5. The molecule has 1 aliphatic rings. The van der Waals surface area contributed by atoms with E-state index in [4.69, 9.17) is 11.6 Å². The average molecular weight is 381 g/mol. The van der Waals surface area contributed by atoms with Gasteiger partial charge in [-0.25, -0.2) is 4.39 Å². The summed E-state index contributed by atoms with van der Waals surface area (Å²) >= 11 is 6.55. The van der Waals surface area contributed by atoms with E-state index in [9.17, 15) is 0 Å². The summed E-state index contributed by atoms with van der Waals surface area (Å²) in [5, 5.41) is 16.4. The van der Waals surface area contributed by atoms with Gasteiger partial charge in [0.25, 0.3) is 0 Å². The van der Waals surface area contributed by atoms with E-state index >= 15 is 4.39 Å². The molecule has 5 rings (SSSR count). The quantitative estimate of drug-likeness (QED) is 0.571. The number of rotatable bonds is 2. The van der Waals surface area contributed by atoms with Crippen molar-refractivity contribution in [3.63, 3.8) is 0 Å². The molecule has 2 aromatic heterocycles. The van der Waals surface area contributed by atoms with Crippen LogP contribution in [0.4, 0.5) is 4.39 Å². The highest BCUT2D eigenvalue weighted by Gasteiger charge is 2.21. The van der Waals surface area contributed by atoms with E-state index in [1.807, 2.05) is 23.6 Å². The average Bonchev–Trinajstić information content (AvgIpc) is 3.29. The van der Waals surface area contributed by atoms with Crippen LogP contribution in [0.1, 0.15) is 11.4 Å². The molecule has 134 valence electrons. The summed E-state index contributed by atoms with van der Waals surface area (Å²) < 4.78 is 17.2. The lowest BCUT2D eigenvalue weighted by Crippen LogP contribution is -2.12. The zero-order valence-corrected chi connectivity index (χ0v) is 15.1. The number of H-pyrrole nitrogens is 1. The molecule has 6 nitrogen and oxygen atoms in total. The van der Waals surface area contributed by atoms with Gasteiger partial charge in [0.2, 0.25) is 0 Å². The zero-order valence-electron chi connectivity index (χ0n) is 14.4. The van der Waals surface area contributed by atoms with Crippen molar-refractivity contribution in [3.8, 4) is 22.5 Å². The minimum atomic E-state index is -0.406. The largest absolute Gasteiger partial charge is 0.304 e. The summed E-state index contributed by atoms with van der Waals surface area (Å²) in [6, 6.07) is 7.04. The third kappa shape index (κ3) is 2.46. The molecule has 0 amide bonds. The fourth-order valence-electron chi connectivity index (χ4n) is 3.55. The highest BCUT2D eigenvalue weighted by atomic mass is 35.5. The number of aryl methyl sites for hydroxylation is 1. The van der Waals surface area contributed by atoms with Crippen LogP contribution < -0.4 is 0 Å². The summed E-state index contributed by atoms with van der Waals surface area (Å²) in [5.41, 5.74) is 3.46. The number of aliphatic imine (C=N–C) groups is 1. The lowest BCUT2D eigenvalue weighted by Gasteiger charge is -2.14. The van der Waals surface area contributed by atoms with Gasteiger partial charge in [0.05, 0.1) is 29.5 Å². The molecule has 4 aromatic rings. The smallest absolute Gasteiger partial charge is 0.175 e. The Bertz CT molecular complexity index is 1200. The van der Waals surface area contributed by atoms with Gasteiger partial charge in [0, 0.05) is 23.1 Å². The standard InChI is InChI=1S/C19H14ClFN6/c1-10-2-3-15-12(8-23-24-15)17(10)18-13(20)6-11(7-14(18)21)19-26-25-16-9-22-4-5-27(16)19/h2-3,6-9H,4-5H2,1H3,(H,23,24). The molecule has 0 saturated carbocycles. The highest BCUT2D eigenvalue weighted by molar-refractivity contribution is 6.34. The second kappa shape index (κ2) is 5.99. The van der Waals surface area contributed by atoms with Crippen LogP contribution >= 0.6 is 11.6 Å². The summed E-state index contributed by atoms with van der Waals surface area (Å²) in [4.78, 5) is 4.19. The summed E-state index contributed by atoms with van der Waals surface area (Å²) in [6.07, 6.45) is 3.37. The van der Waals surface area contributed by atoms with Crippen molar-refractivity contribution < 1.29 is 4.39 Å². The maximum Gasteiger partial charge on any atom is 0.175 e. The summed E-state index contributed by atoms with van der Waals surface area (Å²) in [7, 11) is 0. The van der Waals surface area contributed by atoms with Gasteiger partial charge in [0.1, 0.15) is 5.82 Å².